The lowest BCUT2D eigenvalue weighted by atomic mass is 10.1. The molecule has 0 amide bonds. The number of pyridine rings is 1. The maximum Gasteiger partial charge on any atom is 0.322 e. The molecule has 0 saturated carbocycles. The van der Waals surface area contributed by atoms with E-state index in [1.807, 2.05) is 30.3 Å². The molecule has 2 rings (SSSR count). The number of rotatable bonds is 5. The van der Waals surface area contributed by atoms with E-state index >= 15 is 0 Å². The molecule has 1 aromatic carbocycles. The van der Waals surface area contributed by atoms with Crippen molar-refractivity contribution in [2.45, 2.75) is 12.5 Å². The minimum atomic E-state index is -0.648. The number of nitrogens with zero attached hydrogens (tertiary/aromatic N) is 1. The summed E-state index contributed by atoms with van der Waals surface area (Å²) >= 11 is 0. The molecule has 5 nitrogen and oxygen atoms in total. The first-order valence-electron chi connectivity index (χ1n) is 6.19. The van der Waals surface area contributed by atoms with Crippen LogP contribution >= 0.6 is 24.8 Å². The Morgan fingerprint density at radius 1 is 1.18 bits per heavy atom. The van der Waals surface area contributed by atoms with Gasteiger partial charge >= 0.3 is 5.97 Å². The zero-order chi connectivity index (χ0) is 14.4. The number of benzene rings is 1. The van der Waals surface area contributed by atoms with E-state index in [0.29, 0.717) is 17.9 Å². The van der Waals surface area contributed by atoms with E-state index in [4.69, 9.17) is 10.5 Å². The van der Waals surface area contributed by atoms with Gasteiger partial charge in [0, 0.05) is 6.20 Å². The molecule has 0 aliphatic heterocycles. The zero-order valence-electron chi connectivity index (χ0n) is 12.0. The number of hydrogen-bond donors (Lipinski definition) is 1. The maximum atomic E-state index is 11.2. The number of aromatic nitrogens is 1. The predicted molar refractivity (Wildman–Crippen MR) is 88.9 cm³/mol. The van der Waals surface area contributed by atoms with Crippen molar-refractivity contribution in [3.63, 3.8) is 0 Å². The summed E-state index contributed by atoms with van der Waals surface area (Å²) in [6, 6.07) is 10.4. The van der Waals surface area contributed by atoms with Crippen LogP contribution in [0.1, 0.15) is 5.56 Å². The molecule has 1 unspecified atom stereocenters. The van der Waals surface area contributed by atoms with Gasteiger partial charge in [-0.2, -0.15) is 0 Å². The molecule has 7 heteroatoms. The van der Waals surface area contributed by atoms with Crippen LogP contribution < -0.4 is 10.5 Å². The molecule has 0 radical (unpaired) electrons. The van der Waals surface area contributed by atoms with Gasteiger partial charge in [-0.1, -0.05) is 12.1 Å². The maximum absolute atomic E-state index is 11.2. The van der Waals surface area contributed by atoms with Crippen LogP contribution in [0.25, 0.3) is 0 Å². The molecule has 0 aliphatic carbocycles. The van der Waals surface area contributed by atoms with Gasteiger partial charge in [-0.25, -0.2) is 0 Å². The van der Waals surface area contributed by atoms with Crippen molar-refractivity contribution in [1.82, 2.24) is 4.98 Å². The number of carbonyl (C=O) groups excluding carboxylic acids is 1. The van der Waals surface area contributed by atoms with Crippen LogP contribution in [0.4, 0.5) is 0 Å². The molecule has 1 heterocycles. The summed E-state index contributed by atoms with van der Waals surface area (Å²) in [6.45, 7) is 0. The van der Waals surface area contributed by atoms with Crippen molar-refractivity contribution in [3.8, 4) is 11.5 Å². The van der Waals surface area contributed by atoms with Crippen molar-refractivity contribution >= 4 is 30.8 Å². The zero-order valence-corrected chi connectivity index (χ0v) is 13.6. The summed E-state index contributed by atoms with van der Waals surface area (Å²) in [4.78, 5) is 15.2. The van der Waals surface area contributed by atoms with E-state index in [2.05, 4.69) is 9.72 Å². The molecular formula is C15H18Cl2N2O3. The molecular weight excluding hydrogens is 327 g/mol. The number of nitrogens with two attached hydrogens (primary N) is 1. The molecule has 22 heavy (non-hydrogen) atoms. The van der Waals surface area contributed by atoms with Gasteiger partial charge < -0.3 is 15.2 Å². The van der Waals surface area contributed by atoms with Crippen molar-refractivity contribution in [2.75, 3.05) is 7.11 Å². The second-order valence-corrected chi connectivity index (χ2v) is 4.27. The standard InChI is InChI=1S/C15H16N2O3.2ClH/c1-19-15(18)14(16)9-11-4-6-12(7-5-11)20-13-3-2-8-17-10-13;;/h2-8,10,14H,9,16H2,1H3;2*1H. The highest BCUT2D eigenvalue weighted by atomic mass is 35.5. The Kier molecular flexibility index (Phi) is 9.17. The summed E-state index contributed by atoms with van der Waals surface area (Å²) in [6.07, 6.45) is 3.76. The predicted octanol–water partition coefficient (Wildman–Crippen LogP) is 2.76. The number of ether oxygens (including phenoxy) is 2. The van der Waals surface area contributed by atoms with E-state index in [0.717, 1.165) is 5.56 Å². The second kappa shape index (κ2) is 10.00. The number of halogens is 2. The van der Waals surface area contributed by atoms with Gasteiger partial charge in [0.05, 0.1) is 13.3 Å². The molecule has 1 atom stereocenters. The topological polar surface area (TPSA) is 74.4 Å². The summed E-state index contributed by atoms with van der Waals surface area (Å²) in [5.41, 5.74) is 6.65. The van der Waals surface area contributed by atoms with E-state index in [1.165, 1.54) is 7.11 Å². The van der Waals surface area contributed by atoms with E-state index in [9.17, 15) is 4.79 Å². The van der Waals surface area contributed by atoms with E-state index in [-0.39, 0.29) is 24.8 Å². The second-order valence-electron chi connectivity index (χ2n) is 4.27. The Morgan fingerprint density at radius 2 is 1.86 bits per heavy atom. The summed E-state index contributed by atoms with van der Waals surface area (Å²) in [5.74, 6) is 0.959. The van der Waals surface area contributed by atoms with Crippen LogP contribution in [0.2, 0.25) is 0 Å². The monoisotopic (exact) mass is 344 g/mol. The number of carbonyl (C=O) groups is 1. The largest absolute Gasteiger partial charge is 0.468 e. The highest BCUT2D eigenvalue weighted by Gasteiger charge is 2.14. The lowest BCUT2D eigenvalue weighted by Gasteiger charge is -2.10. The van der Waals surface area contributed by atoms with Gasteiger partial charge in [0.2, 0.25) is 0 Å². The van der Waals surface area contributed by atoms with Crippen molar-refractivity contribution in [2.24, 2.45) is 5.73 Å². The first-order valence-corrected chi connectivity index (χ1v) is 6.19. The van der Waals surface area contributed by atoms with E-state index in [1.54, 1.807) is 18.5 Å². The molecule has 2 N–H and O–H groups in total. The third-order valence-electron chi connectivity index (χ3n) is 2.75. The van der Waals surface area contributed by atoms with Crippen LogP contribution in [-0.2, 0) is 16.0 Å². The van der Waals surface area contributed by atoms with Gasteiger partial charge in [0.1, 0.15) is 17.5 Å². The smallest absolute Gasteiger partial charge is 0.322 e. The first kappa shape index (κ1) is 20.2. The molecule has 0 spiro atoms. The van der Waals surface area contributed by atoms with Gasteiger partial charge in [0.25, 0.3) is 0 Å². The molecule has 0 fully saturated rings. The lowest BCUT2D eigenvalue weighted by Crippen LogP contribution is -2.33. The molecule has 120 valence electrons. The Bertz CT molecular complexity index is 565. The van der Waals surface area contributed by atoms with Crippen LogP contribution in [0.3, 0.4) is 0 Å². The molecule has 0 aliphatic rings. The van der Waals surface area contributed by atoms with Gasteiger partial charge in [-0.15, -0.1) is 24.8 Å². The van der Waals surface area contributed by atoms with Crippen molar-refractivity contribution in [1.29, 1.82) is 0 Å². The lowest BCUT2D eigenvalue weighted by molar-refractivity contribution is -0.142. The van der Waals surface area contributed by atoms with Crippen molar-refractivity contribution < 1.29 is 14.3 Å². The van der Waals surface area contributed by atoms with Crippen LogP contribution in [0.5, 0.6) is 11.5 Å². The summed E-state index contributed by atoms with van der Waals surface area (Å²) in [7, 11) is 1.33. The third-order valence-corrected chi connectivity index (χ3v) is 2.75. The van der Waals surface area contributed by atoms with E-state index < -0.39 is 12.0 Å². The third kappa shape index (κ3) is 5.89. The highest BCUT2D eigenvalue weighted by Crippen LogP contribution is 2.20. The van der Waals surface area contributed by atoms with Gasteiger partial charge in [-0.05, 0) is 36.2 Å². The Balaban J connectivity index is 0.00000220. The molecule has 0 saturated heterocycles. The van der Waals surface area contributed by atoms with Crippen molar-refractivity contribution in [3.05, 3.63) is 54.4 Å². The molecule has 2 aromatic rings. The number of methoxy groups -OCH3 is 1. The molecule has 1 aromatic heterocycles. The fourth-order valence-electron chi connectivity index (χ4n) is 1.73. The SMILES string of the molecule is COC(=O)C(N)Cc1ccc(Oc2cccnc2)cc1.Cl.Cl. The first-order chi connectivity index (χ1) is 9.69. The minimum absolute atomic E-state index is 0. The van der Waals surface area contributed by atoms with Crippen LogP contribution in [0, 0.1) is 0 Å². The van der Waals surface area contributed by atoms with Gasteiger partial charge in [0.15, 0.2) is 0 Å². The Labute approximate surface area is 141 Å². The number of hydrogen-bond acceptors (Lipinski definition) is 5. The minimum Gasteiger partial charge on any atom is -0.468 e. The quantitative estimate of drug-likeness (QED) is 0.844. The Morgan fingerprint density at radius 3 is 2.41 bits per heavy atom. The summed E-state index contributed by atoms with van der Waals surface area (Å²) in [5, 5.41) is 0. The average Bonchev–Trinajstić information content (AvgIpc) is 2.49. The normalized spacial score (nSPS) is 10.6. The van der Waals surface area contributed by atoms with Crippen LogP contribution in [-0.4, -0.2) is 24.1 Å². The fourth-order valence-corrected chi connectivity index (χ4v) is 1.73. The Hall–Kier alpha value is -1.82. The average molecular weight is 345 g/mol. The van der Waals surface area contributed by atoms with Gasteiger partial charge in [-0.3, -0.25) is 9.78 Å². The van der Waals surface area contributed by atoms with Crippen LogP contribution in [0.15, 0.2) is 48.8 Å². The molecule has 0 bridgehead atoms. The number of esters is 1. The fraction of sp³-hybridized carbons (Fsp3) is 0.200. The highest BCUT2D eigenvalue weighted by molar-refractivity contribution is 5.85. The summed E-state index contributed by atoms with van der Waals surface area (Å²) < 4.78 is 10.2.